The van der Waals surface area contributed by atoms with Crippen molar-refractivity contribution in [1.82, 2.24) is 9.55 Å². The maximum absolute atomic E-state index is 12.9. The van der Waals surface area contributed by atoms with Gasteiger partial charge in [0.15, 0.2) is 5.16 Å². The van der Waals surface area contributed by atoms with Gasteiger partial charge in [0, 0.05) is 28.6 Å². The lowest BCUT2D eigenvalue weighted by molar-refractivity contribution is -0.113. The molecule has 1 aromatic carbocycles. The Kier molecular flexibility index (Phi) is 5.99. The van der Waals surface area contributed by atoms with Crippen LogP contribution in [-0.4, -0.2) is 29.6 Å². The van der Waals surface area contributed by atoms with Crippen molar-refractivity contribution in [3.05, 3.63) is 57.5 Å². The second-order valence-electron chi connectivity index (χ2n) is 6.47. The maximum Gasteiger partial charge on any atom is 0.263 e. The third-order valence-corrected chi connectivity index (χ3v) is 8.09. The number of anilines is 1. The Balaban J connectivity index is 1.49. The van der Waals surface area contributed by atoms with Crippen molar-refractivity contribution in [2.75, 3.05) is 11.1 Å². The fraction of sp³-hybridized carbons (Fsp3) is 0.105. The van der Waals surface area contributed by atoms with E-state index in [0.29, 0.717) is 21.1 Å². The zero-order valence-corrected chi connectivity index (χ0v) is 19.3. The average molecular weight is 493 g/mol. The largest absolute Gasteiger partial charge is 0.325 e. The van der Waals surface area contributed by atoms with Gasteiger partial charge in [0.25, 0.3) is 5.56 Å². The molecule has 0 aliphatic carbocycles. The summed E-state index contributed by atoms with van der Waals surface area (Å²) >= 11 is 4.11. The summed E-state index contributed by atoms with van der Waals surface area (Å²) in [5.41, 5.74) is 1.16. The molecule has 0 radical (unpaired) electrons. The summed E-state index contributed by atoms with van der Waals surface area (Å²) in [6.45, 7) is 0. The number of aromatic nitrogens is 2. The molecule has 31 heavy (non-hydrogen) atoms. The van der Waals surface area contributed by atoms with E-state index in [0.717, 1.165) is 22.2 Å². The Morgan fingerprint density at radius 1 is 1.23 bits per heavy atom. The molecule has 4 rings (SSSR count). The average Bonchev–Trinajstić information content (AvgIpc) is 3.39. The van der Waals surface area contributed by atoms with E-state index < -0.39 is 10.0 Å². The van der Waals surface area contributed by atoms with Gasteiger partial charge < -0.3 is 5.32 Å². The lowest BCUT2D eigenvalue weighted by Crippen LogP contribution is -2.21. The van der Waals surface area contributed by atoms with E-state index in [4.69, 9.17) is 5.14 Å². The highest BCUT2D eigenvalue weighted by Gasteiger charge is 2.17. The Labute approximate surface area is 189 Å². The molecule has 0 bridgehead atoms. The third-order valence-electron chi connectivity index (χ3n) is 4.36. The Morgan fingerprint density at radius 3 is 2.61 bits per heavy atom. The van der Waals surface area contributed by atoms with Crippen LogP contribution in [0.15, 0.2) is 62.0 Å². The smallest absolute Gasteiger partial charge is 0.263 e. The van der Waals surface area contributed by atoms with Crippen molar-refractivity contribution in [2.45, 2.75) is 10.1 Å². The minimum absolute atomic E-state index is 0.0336. The monoisotopic (exact) mass is 492 g/mol. The minimum Gasteiger partial charge on any atom is -0.325 e. The van der Waals surface area contributed by atoms with E-state index in [1.54, 1.807) is 18.4 Å². The van der Waals surface area contributed by atoms with Crippen molar-refractivity contribution < 1.29 is 13.2 Å². The molecule has 160 valence electrons. The summed E-state index contributed by atoms with van der Waals surface area (Å²) in [6.07, 6.45) is 0. The highest BCUT2D eigenvalue weighted by Crippen LogP contribution is 2.34. The van der Waals surface area contributed by atoms with Crippen LogP contribution in [0.25, 0.3) is 20.7 Å². The van der Waals surface area contributed by atoms with Crippen LogP contribution in [0, 0.1) is 0 Å². The second-order valence-corrected chi connectivity index (χ2v) is 10.8. The van der Waals surface area contributed by atoms with Gasteiger partial charge in [-0.25, -0.2) is 18.5 Å². The molecule has 0 atom stereocenters. The maximum atomic E-state index is 12.9. The van der Waals surface area contributed by atoms with Gasteiger partial charge in [-0.15, -0.1) is 22.7 Å². The number of hydrogen-bond donors (Lipinski definition) is 2. The summed E-state index contributed by atoms with van der Waals surface area (Å²) in [6, 6.07) is 9.46. The molecule has 1 amide bonds. The Bertz CT molecular complexity index is 1420. The molecular formula is C19H16N4O4S4. The topological polar surface area (TPSA) is 124 Å². The Morgan fingerprint density at radius 2 is 1.97 bits per heavy atom. The second kappa shape index (κ2) is 8.55. The Hall–Kier alpha value is -2.51. The van der Waals surface area contributed by atoms with Crippen LogP contribution < -0.4 is 16.0 Å². The number of carbonyl (C=O) groups is 1. The quantitative estimate of drug-likeness (QED) is 0.315. The predicted molar refractivity (Wildman–Crippen MR) is 125 cm³/mol. The number of nitrogens with zero attached hydrogens (tertiary/aromatic N) is 2. The number of hydrogen-bond acceptors (Lipinski definition) is 8. The molecule has 3 N–H and O–H groups in total. The molecular weight excluding hydrogens is 477 g/mol. The molecule has 3 aromatic heterocycles. The normalized spacial score (nSPS) is 11.7. The molecule has 0 aliphatic heterocycles. The van der Waals surface area contributed by atoms with E-state index in [9.17, 15) is 18.0 Å². The fourth-order valence-corrected chi connectivity index (χ4v) is 5.94. The lowest BCUT2D eigenvalue weighted by Gasteiger charge is -2.08. The van der Waals surface area contributed by atoms with Crippen LogP contribution in [0.1, 0.15) is 0 Å². The number of benzene rings is 1. The molecule has 12 heteroatoms. The fourth-order valence-electron chi connectivity index (χ4n) is 2.85. The van der Waals surface area contributed by atoms with Crippen molar-refractivity contribution in [2.24, 2.45) is 12.2 Å². The number of thiophene rings is 2. The molecule has 0 fully saturated rings. The molecule has 0 aliphatic rings. The molecule has 4 aromatic rings. The molecule has 0 unspecified atom stereocenters. The van der Waals surface area contributed by atoms with Crippen LogP contribution in [0.4, 0.5) is 5.69 Å². The highest BCUT2D eigenvalue weighted by molar-refractivity contribution is 7.99. The van der Waals surface area contributed by atoms with Gasteiger partial charge in [0.2, 0.25) is 15.9 Å². The predicted octanol–water partition coefficient (Wildman–Crippen LogP) is 3.10. The van der Waals surface area contributed by atoms with Gasteiger partial charge in [-0.2, -0.15) is 0 Å². The zero-order chi connectivity index (χ0) is 22.2. The molecule has 0 spiro atoms. The van der Waals surface area contributed by atoms with Crippen LogP contribution in [-0.2, 0) is 21.9 Å². The van der Waals surface area contributed by atoms with Gasteiger partial charge in [0.1, 0.15) is 4.83 Å². The number of thioether (sulfide) groups is 1. The minimum atomic E-state index is -3.79. The molecule has 0 saturated carbocycles. The number of primary sulfonamides is 1. The standard InChI is InChI=1S/C19H16N4O4S4/c1-23-18(25)16-13(14-3-2-8-28-14)9-29-17(16)22-19(23)30-10-15(24)21-11-4-6-12(7-5-11)31(20,26)27/h2-9H,10H2,1H3,(H,21,24)(H2,20,26,27). The van der Waals surface area contributed by atoms with E-state index >= 15 is 0 Å². The summed E-state index contributed by atoms with van der Waals surface area (Å²) in [5, 5.41) is 12.7. The SMILES string of the molecule is Cn1c(SCC(=O)Nc2ccc(S(N)(=O)=O)cc2)nc2scc(-c3cccs3)c2c1=O. The number of fused-ring (bicyclic) bond motifs is 1. The zero-order valence-electron chi connectivity index (χ0n) is 16.1. The van der Waals surface area contributed by atoms with E-state index in [-0.39, 0.29) is 22.1 Å². The first-order chi connectivity index (χ1) is 14.7. The first-order valence-corrected chi connectivity index (χ1v) is 13.1. The summed E-state index contributed by atoms with van der Waals surface area (Å²) in [7, 11) is -2.15. The van der Waals surface area contributed by atoms with Crippen LogP contribution in [0.2, 0.25) is 0 Å². The molecule has 8 nitrogen and oxygen atoms in total. The van der Waals surface area contributed by atoms with Crippen molar-refractivity contribution in [1.29, 1.82) is 0 Å². The summed E-state index contributed by atoms with van der Waals surface area (Å²) in [5.74, 6) is -0.278. The highest BCUT2D eigenvalue weighted by atomic mass is 32.2. The van der Waals surface area contributed by atoms with Gasteiger partial charge in [-0.05, 0) is 35.7 Å². The van der Waals surface area contributed by atoms with Gasteiger partial charge in [-0.3, -0.25) is 14.2 Å². The molecule has 0 saturated heterocycles. The van der Waals surface area contributed by atoms with Gasteiger partial charge >= 0.3 is 0 Å². The summed E-state index contributed by atoms with van der Waals surface area (Å²) in [4.78, 5) is 31.4. The first kappa shape index (κ1) is 21.7. The lowest BCUT2D eigenvalue weighted by atomic mass is 10.2. The summed E-state index contributed by atoms with van der Waals surface area (Å²) < 4.78 is 24.1. The van der Waals surface area contributed by atoms with Gasteiger partial charge in [-0.1, -0.05) is 17.8 Å². The van der Waals surface area contributed by atoms with E-state index in [1.165, 1.54) is 40.2 Å². The molecule has 3 heterocycles. The van der Waals surface area contributed by atoms with Crippen LogP contribution >= 0.6 is 34.4 Å². The van der Waals surface area contributed by atoms with Crippen molar-refractivity contribution in [3.63, 3.8) is 0 Å². The number of rotatable bonds is 6. The number of nitrogens with two attached hydrogens (primary N) is 1. The van der Waals surface area contributed by atoms with Crippen molar-refractivity contribution >= 4 is 66.3 Å². The van der Waals surface area contributed by atoms with E-state index in [1.807, 2.05) is 22.9 Å². The van der Waals surface area contributed by atoms with Crippen LogP contribution in [0.5, 0.6) is 0 Å². The number of nitrogens with one attached hydrogen (secondary N) is 1. The van der Waals surface area contributed by atoms with Crippen molar-refractivity contribution in [3.8, 4) is 10.4 Å². The van der Waals surface area contributed by atoms with Gasteiger partial charge in [0.05, 0.1) is 16.0 Å². The number of sulfonamides is 1. The number of carbonyl (C=O) groups excluding carboxylic acids is 1. The third kappa shape index (κ3) is 4.57. The van der Waals surface area contributed by atoms with Crippen LogP contribution in [0.3, 0.4) is 0 Å². The van der Waals surface area contributed by atoms with E-state index in [2.05, 4.69) is 10.3 Å². The number of amides is 1. The first-order valence-electron chi connectivity index (χ1n) is 8.81.